The Morgan fingerprint density at radius 2 is 1.75 bits per heavy atom. The van der Waals surface area contributed by atoms with Crippen LogP contribution in [0.4, 0.5) is 18.9 Å². The van der Waals surface area contributed by atoms with Crippen molar-refractivity contribution in [3.63, 3.8) is 0 Å². The van der Waals surface area contributed by atoms with Gasteiger partial charge in [0.05, 0.1) is 16.6 Å². The lowest BCUT2D eigenvalue weighted by Crippen LogP contribution is -2.15. The molecular weight excluding hydrogens is 419 g/mol. The van der Waals surface area contributed by atoms with E-state index in [1.54, 1.807) is 12.1 Å². The normalized spacial score (nSPS) is 11.5. The number of carbonyl (C=O) groups is 1. The number of aromatic nitrogens is 2. The lowest BCUT2D eigenvalue weighted by Gasteiger charge is -2.10. The maximum atomic E-state index is 12.7. The number of rotatable bonds is 4. The number of H-pyrrole nitrogens is 1. The second-order valence-electron chi connectivity index (χ2n) is 7.45. The third-order valence-electron chi connectivity index (χ3n) is 5.05. The Hall–Kier alpha value is -3.94. The molecule has 1 aromatic heterocycles. The van der Waals surface area contributed by atoms with Crippen molar-refractivity contribution in [2.75, 3.05) is 5.32 Å². The predicted octanol–water partition coefficient (Wildman–Crippen LogP) is 5.09. The average molecular weight is 437 g/mol. The summed E-state index contributed by atoms with van der Waals surface area (Å²) in [6.45, 7) is 1.99. The van der Waals surface area contributed by atoms with E-state index in [0.29, 0.717) is 28.6 Å². The molecule has 4 aromatic rings. The van der Waals surface area contributed by atoms with Crippen molar-refractivity contribution >= 4 is 22.4 Å². The molecule has 1 heterocycles. The van der Waals surface area contributed by atoms with Gasteiger partial charge in [0.25, 0.3) is 11.5 Å². The maximum Gasteiger partial charge on any atom is 0.416 e. The summed E-state index contributed by atoms with van der Waals surface area (Å²) in [4.78, 5) is 24.8. The van der Waals surface area contributed by atoms with E-state index in [0.717, 1.165) is 35.4 Å². The van der Waals surface area contributed by atoms with Crippen LogP contribution in [0.25, 0.3) is 10.8 Å². The zero-order valence-electron chi connectivity index (χ0n) is 17.0. The summed E-state index contributed by atoms with van der Waals surface area (Å²) < 4.78 is 38.1. The van der Waals surface area contributed by atoms with Crippen LogP contribution >= 0.6 is 0 Å². The van der Waals surface area contributed by atoms with E-state index in [1.165, 1.54) is 6.07 Å². The molecule has 0 saturated carbocycles. The minimum atomic E-state index is -4.47. The van der Waals surface area contributed by atoms with Crippen LogP contribution in [0.1, 0.15) is 32.7 Å². The summed E-state index contributed by atoms with van der Waals surface area (Å²) in [5.41, 5.74) is 2.03. The Morgan fingerprint density at radius 3 is 2.44 bits per heavy atom. The van der Waals surface area contributed by atoms with Crippen LogP contribution in [-0.4, -0.2) is 16.1 Å². The largest absolute Gasteiger partial charge is 0.416 e. The first-order valence-corrected chi connectivity index (χ1v) is 9.76. The van der Waals surface area contributed by atoms with Crippen LogP contribution in [0.2, 0.25) is 0 Å². The number of benzene rings is 3. The topological polar surface area (TPSA) is 74.8 Å². The number of amides is 1. The quantitative estimate of drug-likeness (QED) is 0.467. The van der Waals surface area contributed by atoms with Gasteiger partial charge in [-0.3, -0.25) is 9.59 Å². The van der Waals surface area contributed by atoms with Gasteiger partial charge < -0.3 is 5.32 Å². The number of nitrogens with one attached hydrogen (secondary N) is 2. The second-order valence-corrected chi connectivity index (χ2v) is 7.45. The third-order valence-corrected chi connectivity index (χ3v) is 5.05. The van der Waals surface area contributed by atoms with Crippen molar-refractivity contribution in [3.05, 3.63) is 105 Å². The van der Waals surface area contributed by atoms with E-state index in [2.05, 4.69) is 15.5 Å². The van der Waals surface area contributed by atoms with Crippen molar-refractivity contribution < 1.29 is 18.0 Å². The van der Waals surface area contributed by atoms with Crippen LogP contribution in [0.15, 0.2) is 71.5 Å². The fourth-order valence-corrected chi connectivity index (χ4v) is 3.46. The lowest BCUT2D eigenvalue weighted by atomic mass is 10.0. The summed E-state index contributed by atoms with van der Waals surface area (Å²) in [5.74, 6) is -0.580. The summed E-state index contributed by atoms with van der Waals surface area (Å²) in [6, 6.07) is 16.7. The highest BCUT2D eigenvalue weighted by molar-refractivity contribution is 6.05. The minimum absolute atomic E-state index is 0.0712. The molecule has 0 fully saturated rings. The van der Waals surface area contributed by atoms with E-state index in [9.17, 15) is 22.8 Å². The standard InChI is InChI=1S/C24H18F3N3O2/c1-14-3-2-4-15(11-14)12-21-19-10-9-18(13-20(19)23(32)30-29-21)28-22(31)16-5-7-17(8-6-16)24(25,26)27/h2-11,13H,12H2,1H3,(H,28,31)(H,30,32). The fourth-order valence-electron chi connectivity index (χ4n) is 3.46. The van der Waals surface area contributed by atoms with Crippen LogP contribution in [0.5, 0.6) is 0 Å². The predicted molar refractivity (Wildman–Crippen MR) is 116 cm³/mol. The molecule has 162 valence electrons. The van der Waals surface area contributed by atoms with Gasteiger partial charge in [-0.05, 0) is 48.9 Å². The van der Waals surface area contributed by atoms with Gasteiger partial charge in [-0.25, -0.2) is 5.10 Å². The Balaban J connectivity index is 1.60. The second kappa shape index (κ2) is 8.30. The Bertz CT molecular complexity index is 1360. The van der Waals surface area contributed by atoms with Crippen molar-refractivity contribution in [1.82, 2.24) is 10.2 Å². The zero-order chi connectivity index (χ0) is 22.9. The molecule has 32 heavy (non-hydrogen) atoms. The number of fused-ring (bicyclic) bond motifs is 1. The molecule has 0 aliphatic rings. The Morgan fingerprint density at radius 1 is 1.00 bits per heavy atom. The molecule has 8 heteroatoms. The van der Waals surface area contributed by atoms with Crippen molar-refractivity contribution in [2.24, 2.45) is 0 Å². The number of aromatic amines is 1. The molecule has 0 aliphatic carbocycles. The van der Waals surface area contributed by atoms with E-state index >= 15 is 0 Å². The molecule has 2 N–H and O–H groups in total. The number of hydrogen-bond acceptors (Lipinski definition) is 3. The Kier molecular flexibility index (Phi) is 5.52. The molecular formula is C24H18F3N3O2. The molecule has 0 saturated heterocycles. The van der Waals surface area contributed by atoms with Gasteiger partial charge in [-0.1, -0.05) is 35.9 Å². The number of carbonyl (C=O) groups excluding carboxylic acids is 1. The third kappa shape index (κ3) is 4.54. The zero-order valence-corrected chi connectivity index (χ0v) is 17.0. The smallest absolute Gasteiger partial charge is 0.322 e. The Labute approximate surface area is 180 Å². The van der Waals surface area contributed by atoms with Crippen molar-refractivity contribution in [1.29, 1.82) is 0 Å². The number of nitrogens with zero attached hydrogens (tertiary/aromatic N) is 1. The molecule has 4 rings (SSSR count). The van der Waals surface area contributed by atoms with Crippen LogP contribution < -0.4 is 10.9 Å². The first-order chi connectivity index (χ1) is 15.2. The highest BCUT2D eigenvalue weighted by Crippen LogP contribution is 2.29. The van der Waals surface area contributed by atoms with Gasteiger partial charge in [0.2, 0.25) is 0 Å². The molecule has 0 aliphatic heterocycles. The number of anilines is 1. The van der Waals surface area contributed by atoms with Gasteiger partial charge in [0.15, 0.2) is 0 Å². The van der Waals surface area contributed by atoms with E-state index < -0.39 is 23.2 Å². The monoisotopic (exact) mass is 437 g/mol. The molecule has 5 nitrogen and oxygen atoms in total. The van der Waals surface area contributed by atoms with E-state index in [4.69, 9.17) is 0 Å². The molecule has 0 spiro atoms. The molecule has 0 unspecified atom stereocenters. The summed E-state index contributed by atoms with van der Waals surface area (Å²) in [7, 11) is 0. The van der Waals surface area contributed by atoms with E-state index in [-0.39, 0.29) is 5.56 Å². The highest BCUT2D eigenvalue weighted by atomic mass is 19.4. The average Bonchev–Trinajstić information content (AvgIpc) is 2.75. The number of alkyl halides is 3. The minimum Gasteiger partial charge on any atom is -0.322 e. The number of hydrogen-bond donors (Lipinski definition) is 2. The molecule has 1 amide bonds. The van der Waals surface area contributed by atoms with Gasteiger partial charge >= 0.3 is 6.18 Å². The fraction of sp³-hybridized carbons (Fsp3) is 0.125. The van der Waals surface area contributed by atoms with Gasteiger partial charge in [0.1, 0.15) is 0 Å². The van der Waals surface area contributed by atoms with Crippen molar-refractivity contribution in [3.8, 4) is 0 Å². The maximum absolute atomic E-state index is 12.7. The van der Waals surface area contributed by atoms with E-state index in [1.807, 2.05) is 31.2 Å². The molecule has 3 aromatic carbocycles. The van der Waals surface area contributed by atoms with Crippen molar-refractivity contribution in [2.45, 2.75) is 19.5 Å². The summed E-state index contributed by atoms with van der Waals surface area (Å²) in [5, 5.41) is 10.3. The van der Waals surface area contributed by atoms with Gasteiger partial charge in [-0.15, -0.1) is 0 Å². The first kappa shape index (κ1) is 21.3. The lowest BCUT2D eigenvalue weighted by molar-refractivity contribution is -0.137. The molecule has 0 radical (unpaired) electrons. The highest BCUT2D eigenvalue weighted by Gasteiger charge is 2.30. The van der Waals surface area contributed by atoms with Crippen LogP contribution in [0.3, 0.4) is 0 Å². The van der Waals surface area contributed by atoms with Gasteiger partial charge in [-0.2, -0.15) is 18.3 Å². The summed E-state index contributed by atoms with van der Waals surface area (Å²) in [6.07, 6.45) is -3.95. The first-order valence-electron chi connectivity index (χ1n) is 9.76. The molecule has 0 bridgehead atoms. The van der Waals surface area contributed by atoms with Gasteiger partial charge in [0, 0.05) is 23.1 Å². The van der Waals surface area contributed by atoms with Crippen LogP contribution in [0, 0.1) is 6.92 Å². The molecule has 0 atom stereocenters. The number of aryl methyl sites for hydroxylation is 1. The number of halogens is 3. The van der Waals surface area contributed by atoms with Crippen LogP contribution in [-0.2, 0) is 12.6 Å². The SMILES string of the molecule is Cc1cccc(Cc2n[nH]c(=O)c3cc(NC(=O)c4ccc(C(F)(F)F)cc4)ccc23)c1. The summed E-state index contributed by atoms with van der Waals surface area (Å²) >= 11 is 0.